The highest BCUT2D eigenvalue weighted by Gasteiger charge is 2.34. The molecule has 0 aromatic heterocycles. The van der Waals surface area contributed by atoms with E-state index in [0.29, 0.717) is 11.3 Å². The zero-order valence-electron chi connectivity index (χ0n) is 14.3. The summed E-state index contributed by atoms with van der Waals surface area (Å²) in [5, 5.41) is 2.50. The molecule has 0 spiro atoms. The third-order valence-electron chi connectivity index (χ3n) is 3.81. The molecule has 0 bridgehead atoms. The van der Waals surface area contributed by atoms with Crippen molar-refractivity contribution >= 4 is 40.6 Å². The van der Waals surface area contributed by atoms with Gasteiger partial charge < -0.3 is 10.1 Å². The fraction of sp³-hybridized carbons (Fsp3) is 0.105. The first-order valence-electron chi connectivity index (χ1n) is 7.92. The van der Waals surface area contributed by atoms with Crippen LogP contribution in [0.3, 0.4) is 0 Å². The van der Waals surface area contributed by atoms with E-state index in [0.717, 1.165) is 16.7 Å². The quantitative estimate of drug-likeness (QED) is 0.624. The third-order valence-corrected chi connectivity index (χ3v) is 4.72. The molecule has 2 aromatic rings. The first-order chi connectivity index (χ1) is 13.0. The summed E-state index contributed by atoms with van der Waals surface area (Å²) >= 11 is 0.760. The Morgan fingerprint density at radius 2 is 1.89 bits per heavy atom. The number of nitrogens with zero attached hydrogens (tertiary/aromatic N) is 1. The molecule has 6 nitrogen and oxygen atoms in total. The Bertz CT molecular complexity index is 928. The molecule has 1 aliphatic heterocycles. The monoisotopic (exact) mass is 386 g/mol. The molecule has 1 saturated heterocycles. The molecule has 1 aliphatic rings. The van der Waals surface area contributed by atoms with Crippen molar-refractivity contribution in [1.29, 1.82) is 0 Å². The lowest BCUT2D eigenvalue weighted by molar-refractivity contribution is -0.122. The first-order valence-corrected chi connectivity index (χ1v) is 8.73. The van der Waals surface area contributed by atoms with Crippen LogP contribution in [0.4, 0.5) is 14.9 Å². The maximum Gasteiger partial charge on any atom is 0.337 e. The zero-order valence-corrected chi connectivity index (χ0v) is 15.1. The number of hydrogen-bond donors (Lipinski definition) is 1. The van der Waals surface area contributed by atoms with Gasteiger partial charge >= 0.3 is 5.97 Å². The molecular formula is C19H15FN2O4S. The summed E-state index contributed by atoms with van der Waals surface area (Å²) in [4.78, 5) is 37.1. The van der Waals surface area contributed by atoms with Gasteiger partial charge in [-0.25, -0.2) is 9.18 Å². The number of amides is 2. The molecule has 27 heavy (non-hydrogen) atoms. The van der Waals surface area contributed by atoms with E-state index in [1.807, 2.05) is 0 Å². The fourth-order valence-electron chi connectivity index (χ4n) is 2.38. The van der Waals surface area contributed by atoms with E-state index in [1.165, 1.54) is 25.3 Å². The van der Waals surface area contributed by atoms with E-state index in [-0.39, 0.29) is 17.1 Å². The number of ether oxygens (including phenoxy) is 1. The molecule has 0 unspecified atom stereocenters. The van der Waals surface area contributed by atoms with Gasteiger partial charge in [-0.3, -0.25) is 14.5 Å². The zero-order chi connectivity index (χ0) is 19.4. The predicted molar refractivity (Wildman–Crippen MR) is 100 cm³/mol. The minimum atomic E-state index is -0.494. The molecule has 2 amide bonds. The fourth-order valence-corrected chi connectivity index (χ4v) is 3.21. The summed E-state index contributed by atoms with van der Waals surface area (Å²) in [5.41, 5.74) is 1.26. The van der Waals surface area contributed by atoms with Gasteiger partial charge in [0.1, 0.15) is 5.82 Å². The number of benzene rings is 2. The highest BCUT2D eigenvalue weighted by Crippen LogP contribution is 2.32. The Morgan fingerprint density at radius 3 is 2.56 bits per heavy atom. The van der Waals surface area contributed by atoms with Gasteiger partial charge in [0.2, 0.25) is 0 Å². The van der Waals surface area contributed by atoms with Crippen molar-refractivity contribution in [2.45, 2.75) is 0 Å². The highest BCUT2D eigenvalue weighted by atomic mass is 32.2. The van der Waals surface area contributed by atoms with Crippen LogP contribution in [0.5, 0.6) is 0 Å². The summed E-state index contributed by atoms with van der Waals surface area (Å²) < 4.78 is 18.4. The van der Waals surface area contributed by atoms with Crippen LogP contribution in [0.2, 0.25) is 0 Å². The summed E-state index contributed by atoms with van der Waals surface area (Å²) in [7, 11) is 1.29. The minimum Gasteiger partial charge on any atom is -0.465 e. The highest BCUT2D eigenvalue weighted by molar-refractivity contribution is 8.18. The SMILES string of the molecule is COC(=O)c1ccc(NCN2C(=O)S/C(=C\c3ccccc3F)C2=O)cc1. The first kappa shape index (κ1) is 18.7. The molecule has 3 rings (SSSR count). The molecule has 1 fully saturated rings. The Morgan fingerprint density at radius 1 is 1.19 bits per heavy atom. The van der Waals surface area contributed by atoms with Gasteiger partial charge in [-0.05, 0) is 48.2 Å². The van der Waals surface area contributed by atoms with E-state index in [9.17, 15) is 18.8 Å². The number of carbonyl (C=O) groups excluding carboxylic acids is 3. The average Bonchev–Trinajstić information content (AvgIpc) is 2.94. The second-order valence-corrected chi connectivity index (χ2v) is 6.53. The number of nitrogens with one attached hydrogen (secondary N) is 1. The van der Waals surface area contributed by atoms with Crippen molar-refractivity contribution in [2.75, 3.05) is 19.1 Å². The Kier molecular flexibility index (Phi) is 5.56. The van der Waals surface area contributed by atoms with Gasteiger partial charge in [0.25, 0.3) is 11.1 Å². The van der Waals surface area contributed by atoms with Crippen molar-refractivity contribution in [2.24, 2.45) is 0 Å². The van der Waals surface area contributed by atoms with Crippen LogP contribution in [-0.4, -0.2) is 35.8 Å². The topological polar surface area (TPSA) is 75.7 Å². The summed E-state index contributed by atoms with van der Waals surface area (Å²) in [6, 6.07) is 12.4. The molecule has 8 heteroatoms. The average molecular weight is 386 g/mol. The lowest BCUT2D eigenvalue weighted by Gasteiger charge is -2.14. The Labute approximate surface area is 159 Å². The van der Waals surface area contributed by atoms with E-state index < -0.39 is 22.9 Å². The van der Waals surface area contributed by atoms with Crippen LogP contribution in [0.15, 0.2) is 53.4 Å². The van der Waals surface area contributed by atoms with E-state index >= 15 is 0 Å². The number of halogens is 1. The van der Waals surface area contributed by atoms with E-state index in [2.05, 4.69) is 10.1 Å². The molecule has 1 heterocycles. The van der Waals surface area contributed by atoms with Crippen LogP contribution in [0.25, 0.3) is 6.08 Å². The standard InChI is InChI=1S/C19H15FN2O4S/c1-26-18(24)12-6-8-14(9-7-12)21-11-22-17(23)16(27-19(22)25)10-13-4-2-3-5-15(13)20/h2-10,21H,11H2,1H3/b16-10-. The molecule has 2 aromatic carbocycles. The number of hydrogen-bond acceptors (Lipinski definition) is 6. The van der Waals surface area contributed by atoms with Gasteiger partial charge in [0.05, 0.1) is 24.2 Å². The van der Waals surface area contributed by atoms with E-state index in [1.54, 1.807) is 36.4 Å². The van der Waals surface area contributed by atoms with Crippen LogP contribution >= 0.6 is 11.8 Å². The van der Waals surface area contributed by atoms with Gasteiger partial charge in [-0.15, -0.1) is 0 Å². The number of esters is 1. The normalized spacial score (nSPS) is 15.3. The second kappa shape index (κ2) is 8.05. The van der Waals surface area contributed by atoms with Crippen molar-refractivity contribution in [3.8, 4) is 0 Å². The third kappa shape index (κ3) is 4.17. The second-order valence-electron chi connectivity index (χ2n) is 5.54. The van der Waals surface area contributed by atoms with Gasteiger partial charge in [0.15, 0.2) is 0 Å². The van der Waals surface area contributed by atoms with Gasteiger partial charge in [0, 0.05) is 11.3 Å². The lowest BCUT2D eigenvalue weighted by atomic mass is 10.2. The van der Waals surface area contributed by atoms with Crippen molar-refractivity contribution < 1.29 is 23.5 Å². The van der Waals surface area contributed by atoms with Crippen LogP contribution < -0.4 is 5.32 Å². The maximum atomic E-state index is 13.7. The molecule has 0 saturated carbocycles. The molecule has 1 N–H and O–H groups in total. The van der Waals surface area contributed by atoms with Crippen molar-refractivity contribution in [3.05, 3.63) is 70.4 Å². The van der Waals surface area contributed by atoms with E-state index in [4.69, 9.17) is 0 Å². The molecule has 0 atom stereocenters. The minimum absolute atomic E-state index is 0.0448. The maximum absolute atomic E-state index is 13.7. The van der Waals surface area contributed by atoms with Crippen molar-refractivity contribution in [3.63, 3.8) is 0 Å². The molecule has 138 valence electrons. The lowest BCUT2D eigenvalue weighted by Crippen LogP contribution is -2.33. The Hall–Kier alpha value is -3.13. The summed E-state index contributed by atoms with van der Waals surface area (Å²) in [5.74, 6) is -1.41. The van der Waals surface area contributed by atoms with Crippen LogP contribution in [0, 0.1) is 5.82 Å². The number of carbonyl (C=O) groups is 3. The number of rotatable bonds is 5. The molecule has 0 radical (unpaired) electrons. The Balaban J connectivity index is 1.67. The number of imide groups is 1. The predicted octanol–water partition coefficient (Wildman–Crippen LogP) is 3.72. The number of anilines is 1. The summed E-state index contributed by atoms with van der Waals surface area (Å²) in [6.45, 7) is -0.0448. The number of thioether (sulfide) groups is 1. The van der Waals surface area contributed by atoms with Gasteiger partial charge in [-0.2, -0.15) is 0 Å². The van der Waals surface area contributed by atoms with Crippen LogP contribution in [-0.2, 0) is 9.53 Å². The van der Waals surface area contributed by atoms with Gasteiger partial charge in [-0.1, -0.05) is 18.2 Å². The summed E-state index contributed by atoms with van der Waals surface area (Å²) in [6.07, 6.45) is 1.37. The van der Waals surface area contributed by atoms with Crippen LogP contribution in [0.1, 0.15) is 15.9 Å². The smallest absolute Gasteiger partial charge is 0.337 e. The molecule has 0 aliphatic carbocycles. The largest absolute Gasteiger partial charge is 0.465 e. The number of methoxy groups -OCH3 is 1. The van der Waals surface area contributed by atoms with Crippen molar-refractivity contribution in [1.82, 2.24) is 4.90 Å². The molecular weight excluding hydrogens is 371 g/mol.